The first-order chi connectivity index (χ1) is 12.9. The summed E-state index contributed by atoms with van der Waals surface area (Å²) in [6.45, 7) is 2.17. The number of aromatic nitrogens is 1. The second-order valence-electron chi connectivity index (χ2n) is 7.66. The van der Waals surface area contributed by atoms with Gasteiger partial charge in [0, 0.05) is 37.0 Å². The lowest BCUT2D eigenvalue weighted by atomic mass is 9.76. The summed E-state index contributed by atoms with van der Waals surface area (Å²) in [7, 11) is -3.23. The molecule has 0 saturated carbocycles. The standard InChI is InChI=1S/C19H23N3O3S2/c1-27(24,25)22-10-16-9-21(18(23)17-11-26-14-20-17)12-19(16,13-22)8-7-15-5-3-2-4-6-15/h2-6,11,14,16H,7-10,12-13H2,1H3/t16-,19+/m0/s1. The smallest absolute Gasteiger partial charge is 0.273 e. The minimum absolute atomic E-state index is 0.0457. The first-order valence-electron chi connectivity index (χ1n) is 9.04. The number of hydrogen-bond donors (Lipinski definition) is 0. The third-order valence-corrected chi connectivity index (χ3v) is 7.69. The number of rotatable bonds is 5. The summed E-state index contributed by atoms with van der Waals surface area (Å²) in [5.74, 6) is 0.120. The van der Waals surface area contributed by atoms with E-state index in [1.165, 1.54) is 23.2 Å². The minimum atomic E-state index is -3.23. The van der Waals surface area contributed by atoms with E-state index in [2.05, 4.69) is 17.1 Å². The number of benzene rings is 1. The molecule has 1 aromatic heterocycles. The fourth-order valence-electron chi connectivity index (χ4n) is 4.41. The molecular formula is C19H23N3O3S2. The Morgan fingerprint density at radius 1 is 1.26 bits per heavy atom. The number of sulfonamides is 1. The molecule has 0 unspecified atom stereocenters. The maximum Gasteiger partial charge on any atom is 0.273 e. The van der Waals surface area contributed by atoms with Gasteiger partial charge in [0.2, 0.25) is 10.0 Å². The molecule has 6 nitrogen and oxygen atoms in total. The van der Waals surface area contributed by atoms with E-state index in [9.17, 15) is 13.2 Å². The van der Waals surface area contributed by atoms with Gasteiger partial charge in [-0.05, 0) is 24.3 Å². The molecule has 4 rings (SSSR count). The van der Waals surface area contributed by atoms with E-state index in [4.69, 9.17) is 0 Å². The SMILES string of the molecule is CS(=O)(=O)N1C[C@@H]2CN(C(=O)c3cscn3)C[C@]2(CCc2ccccc2)C1. The van der Waals surface area contributed by atoms with E-state index in [0.29, 0.717) is 31.9 Å². The Hall–Kier alpha value is -1.77. The van der Waals surface area contributed by atoms with Crippen LogP contribution in [-0.4, -0.2) is 60.9 Å². The monoisotopic (exact) mass is 405 g/mol. The van der Waals surface area contributed by atoms with Gasteiger partial charge in [-0.15, -0.1) is 11.3 Å². The van der Waals surface area contributed by atoms with Crippen molar-refractivity contribution in [3.05, 3.63) is 52.5 Å². The summed E-state index contributed by atoms with van der Waals surface area (Å²) < 4.78 is 25.8. The fraction of sp³-hybridized carbons (Fsp3) is 0.474. The summed E-state index contributed by atoms with van der Waals surface area (Å²) in [6, 6.07) is 10.2. The molecule has 1 amide bonds. The van der Waals surface area contributed by atoms with Crippen LogP contribution in [0.25, 0.3) is 0 Å². The maximum atomic E-state index is 12.8. The molecule has 3 heterocycles. The van der Waals surface area contributed by atoms with Crippen molar-refractivity contribution in [2.75, 3.05) is 32.4 Å². The van der Waals surface area contributed by atoms with Crippen molar-refractivity contribution in [1.82, 2.24) is 14.2 Å². The van der Waals surface area contributed by atoms with Gasteiger partial charge >= 0.3 is 0 Å². The Kier molecular flexibility index (Phi) is 4.82. The highest BCUT2D eigenvalue weighted by molar-refractivity contribution is 7.88. The van der Waals surface area contributed by atoms with Gasteiger partial charge in [-0.2, -0.15) is 0 Å². The predicted molar refractivity (Wildman–Crippen MR) is 105 cm³/mol. The van der Waals surface area contributed by atoms with Crippen LogP contribution >= 0.6 is 11.3 Å². The Bertz CT molecular complexity index is 915. The molecule has 0 spiro atoms. The minimum Gasteiger partial charge on any atom is -0.336 e. The van der Waals surface area contributed by atoms with Gasteiger partial charge in [0.25, 0.3) is 5.91 Å². The summed E-state index contributed by atoms with van der Waals surface area (Å²) in [5, 5.41) is 1.77. The lowest BCUT2D eigenvalue weighted by Crippen LogP contribution is -2.38. The first-order valence-corrected chi connectivity index (χ1v) is 11.8. The second-order valence-corrected chi connectivity index (χ2v) is 10.4. The van der Waals surface area contributed by atoms with Gasteiger partial charge in [0.1, 0.15) is 5.69 Å². The number of likely N-dealkylation sites (tertiary alicyclic amines) is 1. The first kappa shape index (κ1) is 18.6. The van der Waals surface area contributed by atoms with Gasteiger partial charge in [-0.25, -0.2) is 17.7 Å². The predicted octanol–water partition coefficient (Wildman–Crippen LogP) is 2.11. The van der Waals surface area contributed by atoms with E-state index in [-0.39, 0.29) is 17.2 Å². The van der Waals surface area contributed by atoms with E-state index in [1.54, 1.807) is 15.2 Å². The average Bonchev–Trinajstić information content (AvgIpc) is 3.34. The Balaban J connectivity index is 1.56. The summed E-state index contributed by atoms with van der Waals surface area (Å²) >= 11 is 1.41. The summed E-state index contributed by atoms with van der Waals surface area (Å²) in [5.41, 5.74) is 3.21. The lowest BCUT2D eigenvalue weighted by Gasteiger charge is -2.29. The van der Waals surface area contributed by atoms with Gasteiger partial charge in [0.05, 0.1) is 11.8 Å². The van der Waals surface area contributed by atoms with E-state index in [1.807, 2.05) is 23.1 Å². The molecule has 2 aliphatic rings. The molecular weight excluding hydrogens is 382 g/mol. The van der Waals surface area contributed by atoms with Crippen molar-refractivity contribution in [2.24, 2.45) is 11.3 Å². The van der Waals surface area contributed by atoms with E-state index < -0.39 is 10.0 Å². The van der Waals surface area contributed by atoms with Crippen molar-refractivity contribution in [2.45, 2.75) is 12.8 Å². The molecule has 8 heteroatoms. The number of amides is 1. The maximum absolute atomic E-state index is 12.8. The normalized spacial score (nSPS) is 25.7. The fourth-order valence-corrected chi connectivity index (χ4v) is 5.88. The van der Waals surface area contributed by atoms with Crippen LogP contribution in [-0.2, 0) is 16.4 Å². The number of aryl methyl sites for hydroxylation is 1. The lowest BCUT2D eigenvalue weighted by molar-refractivity contribution is 0.0759. The third-order valence-electron chi connectivity index (χ3n) is 5.89. The molecule has 2 saturated heterocycles. The molecule has 2 aliphatic heterocycles. The number of fused-ring (bicyclic) bond motifs is 1. The molecule has 2 fully saturated rings. The third kappa shape index (κ3) is 3.66. The largest absolute Gasteiger partial charge is 0.336 e. The zero-order chi connectivity index (χ0) is 19.1. The van der Waals surface area contributed by atoms with Gasteiger partial charge < -0.3 is 4.90 Å². The van der Waals surface area contributed by atoms with Crippen molar-refractivity contribution in [3.8, 4) is 0 Å². The van der Waals surface area contributed by atoms with Crippen molar-refractivity contribution in [3.63, 3.8) is 0 Å². The average molecular weight is 406 g/mol. The van der Waals surface area contributed by atoms with Crippen molar-refractivity contribution < 1.29 is 13.2 Å². The van der Waals surface area contributed by atoms with E-state index in [0.717, 1.165) is 12.8 Å². The Morgan fingerprint density at radius 2 is 2.04 bits per heavy atom. The van der Waals surface area contributed by atoms with Crippen molar-refractivity contribution >= 4 is 27.3 Å². The van der Waals surface area contributed by atoms with Crippen LogP contribution in [0.15, 0.2) is 41.2 Å². The molecule has 2 atom stereocenters. The quantitative estimate of drug-likeness (QED) is 0.764. The highest BCUT2D eigenvalue weighted by atomic mass is 32.2. The highest BCUT2D eigenvalue weighted by Crippen LogP contribution is 2.46. The molecule has 0 radical (unpaired) electrons. The molecule has 27 heavy (non-hydrogen) atoms. The number of carbonyl (C=O) groups excluding carboxylic acids is 1. The van der Waals surface area contributed by atoms with Crippen LogP contribution in [0.1, 0.15) is 22.5 Å². The molecule has 1 aromatic carbocycles. The van der Waals surface area contributed by atoms with Gasteiger partial charge in [-0.3, -0.25) is 4.79 Å². The van der Waals surface area contributed by atoms with Crippen LogP contribution in [0.3, 0.4) is 0 Å². The van der Waals surface area contributed by atoms with E-state index >= 15 is 0 Å². The summed E-state index contributed by atoms with van der Waals surface area (Å²) in [4.78, 5) is 18.8. The zero-order valence-electron chi connectivity index (χ0n) is 15.2. The zero-order valence-corrected chi connectivity index (χ0v) is 16.9. The molecule has 0 bridgehead atoms. The van der Waals surface area contributed by atoms with Gasteiger partial charge in [-0.1, -0.05) is 30.3 Å². The highest BCUT2D eigenvalue weighted by Gasteiger charge is 2.54. The number of nitrogens with zero attached hydrogens (tertiary/aromatic N) is 3. The number of carbonyl (C=O) groups is 1. The Morgan fingerprint density at radius 3 is 2.70 bits per heavy atom. The van der Waals surface area contributed by atoms with Crippen LogP contribution in [0.5, 0.6) is 0 Å². The number of hydrogen-bond acceptors (Lipinski definition) is 5. The van der Waals surface area contributed by atoms with Gasteiger partial charge in [0.15, 0.2) is 0 Å². The molecule has 144 valence electrons. The van der Waals surface area contributed by atoms with Crippen LogP contribution in [0, 0.1) is 11.3 Å². The number of thiazole rings is 1. The summed E-state index contributed by atoms with van der Waals surface area (Å²) in [6.07, 6.45) is 3.03. The van der Waals surface area contributed by atoms with Crippen LogP contribution in [0.4, 0.5) is 0 Å². The van der Waals surface area contributed by atoms with Crippen LogP contribution < -0.4 is 0 Å². The molecule has 0 N–H and O–H groups in total. The Labute approximate surface area is 163 Å². The molecule has 2 aromatic rings. The second kappa shape index (κ2) is 7.00. The van der Waals surface area contributed by atoms with Crippen LogP contribution in [0.2, 0.25) is 0 Å². The van der Waals surface area contributed by atoms with Crippen molar-refractivity contribution in [1.29, 1.82) is 0 Å². The molecule has 0 aliphatic carbocycles. The topological polar surface area (TPSA) is 70.6 Å².